The van der Waals surface area contributed by atoms with Crippen molar-refractivity contribution in [3.8, 4) is 11.5 Å². The average Bonchev–Trinajstić information content (AvgIpc) is 2.64. The van der Waals surface area contributed by atoms with Crippen LogP contribution in [-0.4, -0.2) is 37.7 Å². The van der Waals surface area contributed by atoms with Crippen LogP contribution in [0, 0.1) is 0 Å². The Balaban J connectivity index is 1.89. The van der Waals surface area contributed by atoms with Crippen LogP contribution in [0.1, 0.15) is 15.9 Å². The standard InChI is InChI=1S/C17H17ClN2O5/c1-23-13-7-3-5-11(15(13)24-2)9-20-14(21)10-25-17(22)12-6-4-8-19-16(12)18/h3-8H,9-10H2,1-2H3,(H,20,21). The number of nitrogens with one attached hydrogen (secondary N) is 1. The Hall–Kier alpha value is -2.80. The molecule has 25 heavy (non-hydrogen) atoms. The van der Waals surface area contributed by atoms with E-state index < -0.39 is 18.5 Å². The van der Waals surface area contributed by atoms with Crippen molar-refractivity contribution >= 4 is 23.5 Å². The van der Waals surface area contributed by atoms with Gasteiger partial charge < -0.3 is 19.5 Å². The van der Waals surface area contributed by atoms with E-state index in [0.29, 0.717) is 11.5 Å². The molecule has 0 fully saturated rings. The number of ether oxygens (including phenoxy) is 3. The summed E-state index contributed by atoms with van der Waals surface area (Å²) in [6.45, 7) is -0.235. The van der Waals surface area contributed by atoms with E-state index in [0.717, 1.165) is 5.56 Å². The van der Waals surface area contributed by atoms with Crippen molar-refractivity contribution < 1.29 is 23.8 Å². The van der Waals surface area contributed by atoms with E-state index in [1.165, 1.54) is 26.5 Å². The van der Waals surface area contributed by atoms with Crippen molar-refractivity contribution in [1.29, 1.82) is 0 Å². The third-order valence-electron chi connectivity index (χ3n) is 3.27. The second-order valence-electron chi connectivity index (χ2n) is 4.85. The summed E-state index contributed by atoms with van der Waals surface area (Å²) < 4.78 is 15.4. The smallest absolute Gasteiger partial charge is 0.341 e. The third kappa shape index (κ3) is 4.84. The molecule has 1 N–H and O–H groups in total. The normalized spacial score (nSPS) is 10.0. The first-order valence-electron chi connectivity index (χ1n) is 7.31. The molecule has 7 nitrogen and oxygen atoms in total. The molecule has 1 amide bonds. The molecular formula is C17H17ClN2O5. The molecule has 0 spiro atoms. The van der Waals surface area contributed by atoms with Gasteiger partial charge in [0.05, 0.1) is 19.8 Å². The predicted octanol–water partition coefficient (Wildman–Crippen LogP) is 2.23. The number of nitrogens with zero attached hydrogens (tertiary/aromatic N) is 1. The summed E-state index contributed by atoms with van der Waals surface area (Å²) in [4.78, 5) is 27.5. The largest absolute Gasteiger partial charge is 0.493 e. The molecule has 1 aromatic heterocycles. The first-order chi connectivity index (χ1) is 12.1. The van der Waals surface area contributed by atoms with E-state index in [4.69, 9.17) is 25.8 Å². The van der Waals surface area contributed by atoms with Crippen LogP contribution in [0.3, 0.4) is 0 Å². The maximum absolute atomic E-state index is 11.9. The minimum Gasteiger partial charge on any atom is -0.493 e. The number of benzene rings is 1. The molecule has 0 aliphatic rings. The van der Waals surface area contributed by atoms with Crippen molar-refractivity contribution in [1.82, 2.24) is 10.3 Å². The molecule has 0 aliphatic carbocycles. The molecule has 0 unspecified atom stereocenters. The fraction of sp³-hybridized carbons (Fsp3) is 0.235. The maximum Gasteiger partial charge on any atom is 0.341 e. The van der Waals surface area contributed by atoms with Crippen molar-refractivity contribution in [2.75, 3.05) is 20.8 Å². The summed E-state index contributed by atoms with van der Waals surface area (Å²) in [5.41, 5.74) is 0.836. The summed E-state index contributed by atoms with van der Waals surface area (Å²) in [7, 11) is 3.05. The lowest BCUT2D eigenvalue weighted by atomic mass is 10.2. The quantitative estimate of drug-likeness (QED) is 0.599. The second kappa shape index (κ2) is 8.89. The van der Waals surface area contributed by atoms with E-state index >= 15 is 0 Å². The Bertz CT molecular complexity index is 766. The molecule has 0 saturated heterocycles. The number of hydrogen-bond donors (Lipinski definition) is 1. The Kier molecular flexibility index (Phi) is 6.59. The van der Waals surface area contributed by atoms with Crippen LogP contribution in [0.2, 0.25) is 5.15 Å². The van der Waals surface area contributed by atoms with E-state index in [1.807, 2.05) is 0 Å². The van der Waals surface area contributed by atoms with E-state index in [2.05, 4.69) is 10.3 Å². The minimum absolute atomic E-state index is 0.0222. The number of rotatable bonds is 7. The van der Waals surface area contributed by atoms with Gasteiger partial charge in [0.25, 0.3) is 5.91 Å². The van der Waals surface area contributed by atoms with Gasteiger partial charge in [0.2, 0.25) is 0 Å². The minimum atomic E-state index is -0.716. The molecule has 8 heteroatoms. The first kappa shape index (κ1) is 18.5. The van der Waals surface area contributed by atoms with Crippen molar-refractivity contribution in [2.24, 2.45) is 0 Å². The molecule has 1 heterocycles. The Morgan fingerprint density at radius 2 is 1.96 bits per heavy atom. The van der Waals surface area contributed by atoms with Gasteiger partial charge >= 0.3 is 5.97 Å². The number of para-hydroxylation sites is 1. The van der Waals surface area contributed by atoms with Crippen molar-refractivity contribution in [3.05, 3.63) is 52.8 Å². The molecule has 2 rings (SSSR count). The summed E-state index contributed by atoms with van der Waals surface area (Å²) >= 11 is 5.80. The van der Waals surface area contributed by atoms with Gasteiger partial charge in [-0.05, 0) is 18.2 Å². The number of hydrogen-bond acceptors (Lipinski definition) is 6. The van der Waals surface area contributed by atoms with Gasteiger partial charge in [0.15, 0.2) is 18.1 Å². The second-order valence-corrected chi connectivity index (χ2v) is 5.21. The van der Waals surface area contributed by atoms with Crippen LogP contribution in [-0.2, 0) is 16.1 Å². The van der Waals surface area contributed by atoms with Crippen molar-refractivity contribution in [3.63, 3.8) is 0 Å². The first-order valence-corrected chi connectivity index (χ1v) is 7.68. The van der Waals surface area contributed by atoms with Gasteiger partial charge in [-0.3, -0.25) is 4.79 Å². The molecular weight excluding hydrogens is 348 g/mol. The maximum atomic E-state index is 11.9. The molecule has 0 aliphatic heterocycles. The number of amides is 1. The van der Waals surface area contributed by atoms with Crippen LogP contribution in [0.25, 0.3) is 0 Å². The van der Waals surface area contributed by atoms with E-state index in [1.54, 1.807) is 24.3 Å². The van der Waals surface area contributed by atoms with Gasteiger partial charge in [-0.2, -0.15) is 0 Å². The Morgan fingerprint density at radius 3 is 2.64 bits per heavy atom. The highest BCUT2D eigenvalue weighted by atomic mass is 35.5. The lowest BCUT2D eigenvalue weighted by molar-refractivity contribution is -0.124. The number of carbonyl (C=O) groups is 2. The molecule has 0 radical (unpaired) electrons. The van der Waals surface area contributed by atoms with Crippen molar-refractivity contribution in [2.45, 2.75) is 6.54 Å². The highest BCUT2D eigenvalue weighted by Crippen LogP contribution is 2.30. The number of esters is 1. The monoisotopic (exact) mass is 364 g/mol. The molecule has 132 valence electrons. The third-order valence-corrected chi connectivity index (χ3v) is 3.58. The van der Waals surface area contributed by atoms with Gasteiger partial charge in [0, 0.05) is 18.3 Å². The van der Waals surface area contributed by atoms with Gasteiger partial charge in [-0.25, -0.2) is 9.78 Å². The van der Waals surface area contributed by atoms with Crippen LogP contribution < -0.4 is 14.8 Å². The summed E-state index contributed by atoms with van der Waals surface area (Å²) in [6.07, 6.45) is 1.45. The van der Waals surface area contributed by atoms with Gasteiger partial charge in [-0.1, -0.05) is 23.7 Å². The van der Waals surface area contributed by atoms with Crippen LogP contribution in [0.15, 0.2) is 36.5 Å². The lowest BCUT2D eigenvalue weighted by Crippen LogP contribution is -2.28. The summed E-state index contributed by atoms with van der Waals surface area (Å²) in [6, 6.07) is 8.36. The highest BCUT2D eigenvalue weighted by molar-refractivity contribution is 6.32. The zero-order valence-electron chi connectivity index (χ0n) is 13.7. The fourth-order valence-corrected chi connectivity index (χ4v) is 2.28. The van der Waals surface area contributed by atoms with Gasteiger partial charge in [-0.15, -0.1) is 0 Å². The zero-order chi connectivity index (χ0) is 18.2. The van der Waals surface area contributed by atoms with E-state index in [-0.39, 0.29) is 17.3 Å². The molecule has 0 saturated carbocycles. The number of aromatic nitrogens is 1. The highest BCUT2D eigenvalue weighted by Gasteiger charge is 2.15. The van der Waals surface area contributed by atoms with Gasteiger partial charge in [0.1, 0.15) is 5.15 Å². The molecule has 2 aromatic rings. The summed E-state index contributed by atoms with van der Waals surface area (Å²) in [5, 5.41) is 2.67. The SMILES string of the molecule is COc1cccc(CNC(=O)COC(=O)c2cccnc2Cl)c1OC. The zero-order valence-corrected chi connectivity index (χ0v) is 14.5. The Labute approximate surface area is 149 Å². The number of halogens is 1. The molecule has 1 aromatic carbocycles. The molecule has 0 atom stereocenters. The number of methoxy groups -OCH3 is 2. The molecule has 0 bridgehead atoms. The van der Waals surface area contributed by atoms with Crippen LogP contribution >= 0.6 is 11.6 Å². The number of carbonyl (C=O) groups excluding carboxylic acids is 2. The fourth-order valence-electron chi connectivity index (χ4n) is 2.08. The van der Waals surface area contributed by atoms with Crippen LogP contribution in [0.4, 0.5) is 0 Å². The lowest BCUT2D eigenvalue weighted by Gasteiger charge is -2.13. The number of pyridine rings is 1. The average molecular weight is 365 g/mol. The van der Waals surface area contributed by atoms with E-state index in [9.17, 15) is 9.59 Å². The Morgan fingerprint density at radius 1 is 1.16 bits per heavy atom. The summed E-state index contributed by atoms with van der Waals surface area (Å²) in [5.74, 6) is -0.0817. The van der Waals surface area contributed by atoms with Crippen LogP contribution in [0.5, 0.6) is 11.5 Å². The predicted molar refractivity (Wildman–Crippen MR) is 90.9 cm³/mol. The topological polar surface area (TPSA) is 86.8 Å².